The van der Waals surface area contributed by atoms with Crippen molar-refractivity contribution in [1.29, 1.82) is 0 Å². The number of hydrogen-bond acceptors (Lipinski definition) is 1. The van der Waals surface area contributed by atoms with Crippen LogP contribution in [0.15, 0.2) is 0 Å². The SMILES string of the molecule is CC1(C)C2CCC1(C)C(CS)C2. The molecule has 2 saturated carbocycles. The van der Waals surface area contributed by atoms with Gasteiger partial charge in [-0.05, 0) is 47.7 Å². The molecule has 0 aromatic rings. The zero-order valence-corrected chi connectivity index (χ0v) is 9.32. The Morgan fingerprint density at radius 1 is 1.33 bits per heavy atom. The molecular weight excluding hydrogens is 164 g/mol. The smallest absolute Gasteiger partial charge is 0.00640 e. The van der Waals surface area contributed by atoms with Crippen LogP contribution in [-0.2, 0) is 0 Å². The first-order valence-electron chi connectivity index (χ1n) is 5.13. The van der Waals surface area contributed by atoms with Crippen LogP contribution in [0.5, 0.6) is 0 Å². The minimum Gasteiger partial charge on any atom is -0.179 e. The molecule has 0 radical (unpaired) electrons. The molecule has 0 aliphatic heterocycles. The lowest BCUT2D eigenvalue weighted by atomic mass is 9.67. The predicted octanol–water partition coefficient (Wildman–Crippen LogP) is 3.38. The van der Waals surface area contributed by atoms with Crippen molar-refractivity contribution >= 4 is 12.6 Å². The van der Waals surface area contributed by atoms with Gasteiger partial charge in [-0.2, -0.15) is 12.6 Å². The highest BCUT2D eigenvalue weighted by molar-refractivity contribution is 7.80. The standard InChI is InChI=1S/C11H20S/c1-10(2)8-4-5-11(10,3)9(6-8)7-12/h8-9,12H,4-7H2,1-3H3. The molecule has 0 saturated heterocycles. The number of hydrogen-bond donors (Lipinski definition) is 1. The molecule has 0 spiro atoms. The maximum absolute atomic E-state index is 4.48. The van der Waals surface area contributed by atoms with Crippen LogP contribution in [0.3, 0.4) is 0 Å². The van der Waals surface area contributed by atoms with Crippen LogP contribution in [0.25, 0.3) is 0 Å². The third kappa shape index (κ3) is 0.814. The predicted molar refractivity (Wildman–Crippen MR) is 56.6 cm³/mol. The van der Waals surface area contributed by atoms with E-state index in [2.05, 4.69) is 33.4 Å². The van der Waals surface area contributed by atoms with Crippen molar-refractivity contribution in [1.82, 2.24) is 0 Å². The molecule has 0 N–H and O–H groups in total. The molecule has 0 heterocycles. The zero-order chi connectivity index (χ0) is 8.98. The Kier molecular flexibility index (Phi) is 1.81. The van der Waals surface area contributed by atoms with Gasteiger partial charge < -0.3 is 0 Å². The molecule has 2 aliphatic rings. The largest absolute Gasteiger partial charge is 0.179 e. The summed E-state index contributed by atoms with van der Waals surface area (Å²) < 4.78 is 0. The summed E-state index contributed by atoms with van der Waals surface area (Å²) in [6.07, 6.45) is 4.34. The van der Waals surface area contributed by atoms with Gasteiger partial charge in [0, 0.05) is 0 Å². The molecule has 0 aromatic heterocycles. The summed E-state index contributed by atoms with van der Waals surface area (Å²) in [6.45, 7) is 7.42. The molecule has 3 atom stereocenters. The van der Waals surface area contributed by atoms with E-state index in [1.807, 2.05) is 0 Å². The van der Waals surface area contributed by atoms with Gasteiger partial charge in [0.05, 0.1) is 0 Å². The maximum Gasteiger partial charge on any atom is -0.00640 e. The van der Waals surface area contributed by atoms with Crippen molar-refractivity contribution in [3.05, 3.63) is 0 Å². The van der Waals surface area contributed by atoms with E-state index in [4.69, 9.17) is 0 Å². The van der Waals surface area contributed by atoms with E-state index in [0.717, 1.165) is 17.6 Å². The van der Waals surface area contributed by atoms with E-state index in [9.17, 15) is 0 Å². The van der Waals surface area contributed by atoms with Crippen molar-refractivity contribution in [2.45, 2.75) is 40.0 Å². The summed E-state index contributed by atoms with van der Waals surface area (Å²) >= 11 is 4.48. The Labute approximate surface area is 81.5 Å². The molecule has 0 aromatic carbocycles. The van der Waals surface area contributed by atoms with Gasteiger partial charge in [-0.3, -0.25) is 0 Å². The maximum atomic E-state index is 4.48. The number of fused-ring (bicyclic) bond motifs is 2. The van der Waals surface area contributed by atoms with Crippen LogP contribution in [-0.4, -0.2) is 5.75 Å². The highest BCUT2D eigenvalue weighted by Gasteiger charge is 2.60. The topological polar surface area (TPSA) is 0 Å². The third-order valence-corrected chi connectivity index (χ3v) is 5.64. The van der Waals surface area contributed by atoms with Crippen molar-refractivity contribution in [3.8, 4) is 0 Å². The molecule has 2 bridgehead atoms. The lowest BCUT2D eigenvalue weighted by Crippen LogP contribution is -2.32. The first kappa shape index (κ1) is 8.93. The molecular formula is C11H20S. The Balaban J connectivity index is 2.33. The molecule has 3 unspecified atom stereocenters. The second kappa shape index (κ2) is 2.43. The number of rotatable bonds is 1. The molecule has 12 heavy (non-hydrogen) atoms. The minimum absolute atomic E-state index is 0.584. The van der Waals surface area contributed by atoms with Gasteiger partial charge in [0.25, 0.3) is 0 Å². The summed E-state index contributed by atoms with van der Waals surface area (Å²) in [5.74, 6) is 2.96. The summed E-state index contributed by atoms with van der Waals surface area (Å²) in [5, 5.41) is 0. The minimum atomic E-state index is 0.584. The van der Waals surface area contributed by atoms with Gasteiger partial charge >= 0.3 is 0 Å². The van der Waals surface area contributed by atoms with Crippen LogP contribution in [0, 0.1) is 22.7 Å². The van der Waals surface area contributed by atoms with Crippen LogP contribution in [0.1, 0.15) is 40.0 Å². The van der Waals surface area contributed by atoms with Crippen LogP contribution < -0.4 is 0 Å². The van der Waals surface area contributed by atoms with Crippen molar-refractivity contribution < 1.29 is 0 Å². The Morgan fingerprint density at radius 2 is 2.00 bits per heavy atom. The second-order valence-electron chi connectivity index (χ2n) is 5.49. The first-order valence-corrected chi connectivity index (χ1v) is 5.76. The van der Waals surface area contributed by atoms with Crippen molar-refractivity contribution in [2.75, 3.05) is 5.75 Å². The molecule has 2 aliphatic carbocycles. The first-order chi connectivity index (χ1) is 5.52. The summed E-state index contributed by atoms with van der Waals surface area (Å²) in [4.78, 5) is 0. The lowest BCUT2D eigenvalue weighted by molar-refractivity contribution is 0.114. The fourth-order valence-corrected chi connectivity index (χ4v) is 4.20. The molecule has 0 nitrogen and oxygen atoms in total. The Bertz CT molecular complexity index is 197. The van der Waals surface area contributed by atoms with E-state index in [0.29, 0.717) is 10.8 Å². The Hall–Kier alpha value is 0.350. The van der Waals surface area contributed by atoms with Gasteiger partial charge in [0.2, 0.25) is 0 Å². The highest BCUT2D eigenvalue weighted by atomic mass is 32.1. The Morgan fingerprint density at radius 3 is 2.25 bits per heavy atom. The zero-order valence-electron chi connectivity index (χ0n) is 8.43. The molecule has 2 fully saturated rings. The number of thiol groups is 1. The molecule has 70 valence electrons. The monoisotopic (exact) mass is 184 g/mol. The van der Waals surface area contributed by atoms with Crippen LogP contribution in [0.4, 0.5) is 0 Å². The van der Waals surface area contributed by atoms with Gasteiger partial charge in [0.15, 0.2) is 0 Å². The summed E-state index contributed by atoms with van der Waals surface area (Å²) in [5.41, 5.74) is 1.18. The third-order valence-electron chi connectivity index (χ3n) is 5.20. The normalized spacial score (nSPS) is 50.0. The van der Waals surface area contributed by atoms with Crippen molar-refractivity contribution in [3.63, 3.8) is 0 Å². The van der Waals surface area contributed by atoms with E-state index >= 15 is 0 Å². The fraction of sp³-hybridized carbons (Fsp3) is 1.00. The van der Waals surface area contributed by atoms with E-state index in [1.54, 1.807) is 0 Å². The van der Waals surface area contributed by atoms with Crippen LogP contribution in [0.2, 0.25) is 0 Å². The van der Waals surface area contributed by atoms with E-state index < -0.39 is 0 Å². The average Bonchev–Trinajstić information content (AvgIpc) is 2.34. The van der Waals surface area contributed by atoms with Gasteiger partial charge in [-0.15, -0.1) is 0 Å². The lowest BCUT2D eigenvalue weighted by Gasteiger charge is -2.38. The van der Waals surface area contributed by atoms with Gasteiger partial charge in [-0.25, -0.2) is 0 Å². The van der Waals surface area contributed by atoms with E-state index in [-0.39, 0.29) is 0 Å². The van der Waals surface area contributed by atoms with Crippen LogP contribution >= 0.6 is 12.6 Å². The second-order valence-corrected chi connectivity index (χ2v) is 5.86. The van der Waals surface area contributed by atoms with Crippen molar-refractivity contribution in [2.24, 2.45) is 22.7 Å². The molecule has 1 heteroatoms. The average molecular weight is 184 g/mol. The van der Waals surface area contributed by atoms with E-state index in [1.165, 1.54) is 19.3 Å². The summed E-state index contributed by atoms with van der Waals surface area (Å²) in [7, 11) is 0. The van der Waals surface area contributed by atoms with Gasteiger partial charge in [-0.1, -0.05) is 20.8 Å². The molecule has 0 amide bonds. The fourth-order valence-electron chi connectivity index (χ4n) is 3.65. The molecule has 2 rings (SSSR count). The highest BCUT2D eigenvalue weighted by Crippen LogP contribution is 2.68. The summed E-state index contributed by atoms with van der Waals surface area (Å²) in [6, 6.07) is 0. The quantitative estimate of drug-likeness (QED) is 0.593. The van der Waals surface area contributed by atoms with Gasteiger partial charge in [0.1, 0.15) is 0 Å².